The molecule has 2 aromatic heterocycles. The van der Waals surface area contributed by atoms with Gasteiger partial charge in [0.25, 0.3) is 0 Å². The van der Waals surface area contributed by atoms with E-state index in [1.54, 1.807) is 6.20 Å². The molecular weight excluding hydrogens is 386 g/mol. The van der Waals surface area contributed by atoms with Gasteiger partial charge in [0.15, 0.2) is 5.65 Å². The Morgan fingerprint density at radius 1 is 0.903 bits per heavy atom. The van der Waals surface area contributed by atoms with Gasteiger partial charge in [0.2, 0.25) is 0 Å². The molecule has 158 valence electrons. The molecule has 3 heterocycles. The normalized spacial score (nSPS) is 14.8. The van der Waals surface area contributed by atoms with Crippen molar-refractivity contribution >= 4 is 34.2 Å². The first kappa shape index (κ1) is 19.4. The zero-order valence-corrected chi connectivity index (χ0v) is 17.9. The van der Waals surface area contributed by atoms with Crippen LogP contribution in [0.3, 0.4) is 0 Å². The van der Waals surface area contributed by atoms with Gasteiger partial charge in [0.05, 0.1) is 6.20 Å². The number of fused-ring (bicyclic) bond motifs is 1. The smallest absolute Gasteiger partial charge is 0.157 e. The molecule has 7 nitrogen and oxygen atoms in total. The highest BCUT2D eigenvalue weighted by Crippen LogP contribution is 2.37. The molecule has 0 atom stereocenters. The molecule has 0 aliphatic carbocycles. The van der Waals surface area contributed by atoms with Crippen molar-refractivity contribution < 1.29 is 0 Å². The predicted molar refractivity (Wildman–Crippen MR) is 127 cm³/mol. The van der Waals surface area contributed by atoms with Crippen LogP contribution in [0.4, 0.5) is 28.6 Å². The number of nitrogens with two attached hydrogens (primary N) is 1. The van der Waals surface area contributed by atoms with E-state index in [-0.39, 0.29) is 0 Å². The Balaban J connectivity index is 1.65. The fourth-order valence-corrected chi connectivity index (χ4v) is 4.22. The van der Waals surface area contributed by atoms with E-state index < -0.39 is 0 Å². The van der Waals surface area contributed by atoms with Crippen LogP contribution in [0.15, 0.2) is 67.0 Å². The standard InChI is InChI=1S/C24H27N7/c1-18-14-19(25)16-22(15-18)30(24-7-8-26-23-6-9-27-31(23)24)21-5-3-4-20(17-21)29-12-10-28(2)11-13-29/h3-9,14-17H,10-13,25H2,1-2H3. The third-order valence-electron chi connectivity index (χ3n) is 5.80. The average Bonchev–Trinajstić information content (AvgIpc) is 3.24. The van der Waals surface area contributed by atoms with Crippen LogP contribution in [0.25, 0.3) is 5.65 Å². The van der Waals surface area contributed by atoms with E-state index in [2.05, 4.69) is 69.1 Å². The average molecular weight is 414 g/mol. The highest BCUT2D eigenvalue weighted by Gasteiger charge is 2.20. The summed E-state index contributed by atoms with van der Waals surface area (Å²) in [5.41, 5.74) is 12.2. The van der Waals surface area contributed by atoms with Crippen molar-refractivity contribution in [3.8, 4) is 0 Å². The molecule has 1 aliphatic rings. The van der Waals surface area contributed by atoms with Crippen LogP contribution >= 0.6 is 0 Å². The predicted octanol–water partition coefficient (Wildman–Crippen LogP) is 3.84. The topological polar surface area (TPSA) is 65.9 Å². The van der Waals surface area contributed by atoms with Gasteiger partial charge < -0.3 is 15.5 Å². The van der Waals surface area contributed by atoms with Gasteiger partial charge in [-0.1, -0.05) is 6.07 Å². The minimum atomic E-state index is 0.737. The molecule has 0 amide bonds. The van der Waals surface area contributed by atoms with Crippen LogP contribution in [-0.2, 0) is 0 Å². The Morgan fingerprint density at radius 2 is 1.74 bits per heavy atom. The van der Waals surface area contributed by atoms with Crippen LogP contribution < -0.4 is 15.5 Å². The van der Waals surface area contributed by atoms with Gasteiger partial charge in [-0.05, 0) is 62.0 Å². The van der Waals surface area contributed by atoms with Gasteiger partial charge >= 0.3 is 0 Å². The molecule has 5 rings (SSSR count). The number of nitrogen functional groups attached to an aromatic ring is 1. The lowest BCUT2D eigenvalue weighted by atomic mass is 10.1. The van der Waals surface area contributed by atoms with Gasteiger partial charge in [-0.2, -0.15) is 9.61 Å². The number of aromatic nitrogens is 3. The Morgan fingerprint density at radius 3 is 2.55 bits per heavy atom. The highest BCUT2D eigenvalue weighted by molar-refractivity contribution is 5.79. The highest BCUT2D eigenvalue weighted by atomic mass is 15.3. The molecule has 0 unspecified atom stereocenters. The summed E-state index contributed by atoms with van der Waals surface area (Å²) < 4.78 is 1.86. The molecule has 2 aromatic carbocycles. The number of piperazine rings is 1. The number of likely N-dealkylation sites (N-methyl/N-ethyl adjacent to an activating group) is 1. The van der Waals surface area contributed by atoms with Crippen LogP contribution in [0.1, 0.15) is 5.56 Å². The van der Waals surface area contributed by atoms with Gasteiger partial charge in [0.1, 0.15) is 5.82 Å². The first-order chi connectivity index (χ1) is 15.1. The van der Waals surface area contributed by atoms with Crippen molar-refractivity contribution in [1.29, 1.82) is 0 Å². The Hall–Kier alpha value is -3.58. The third-order valence-corrected chi connectivity index (χ3v) is 5.80. The minimum absolute atomic E-state index is 0.737. The van der Waals surface area contributed by atoms with Gasteiger partial charge in [0, 0.05) is 61.2 Å². The van der Waals surface area contributed by atoms with Crippen molar-refractivity contribution in [3.63, 3.8) is 0 Å². The Bertz CT molecular complexity index is 1190. The van der Waals surface area contributed by atoms with Crippen LogP contribution in [0, 0.1) is 6.92 Å². The molecule has 1 fully saturated rings. The third kappa shape index (κ3) is 3.80. The number of hydrogen-bond donors (Lipinski definition) is 1. The second-order valence-electron chi connectivity index (χ2n) is 8.15. The lowest BCUT2D eigenvalue weighted by Crippen LogP contribution is -2.44. The lowest BCUT2D eigenvalue weighted by molar-refractivity contribution is 0.313. The summed E-state index contributed by atoms with van der Waals surface area (Å²) in [6, 6.07) is 18.7. The van der Waals surface area contributed by atoms with E-state index in [9.17, 15) is 0 Å². The first-order valence-electron chi connectivity index (χ1n) is 10.6. The maximum Gasteiger partial charge on any atom is 0.157 e. The van der Waals surface area contributed by atoms with Crippen molar-refractivity contribution in [2.45, 2.75) is 6.92 Å². The molecule has 1 saturated heterocycles. The first-order valence-corrected chi connectivity index (χ1v) is 10.6. The summed E-state index contributed by atoms with van der Waals surface area (Å²) in [6.07, 6.45) is 3.60. The molecule has 0 saturated carbocycles. The molecule has 4 aromatic rings. The molecule has 0 spiro atoms. The monoisotopic (exact) mass is 413 g/mol. The number of aryl methyl sites for hydroxylation is 1. The van der Waals surface area contributed by atoms with E-state index >= 15 is 0 Å². The maximum absolute atomic E-state index is 6.23. The largest absolute Gasteiger partial charge is 0.399 e. The van der Waals surface area contributed by atoms with Crippen LogP contribution in [0.5, 0.6) is 0 Å². The lowest BCUT2D eigenvalue weighted by Gasteiger charge is -2.35. The molecule has 0 bridgehead atoms. The van der Waals surface area contributed by atoms with Gasteiger partial charge in [-0.25, -0.2) is 4.98 Å². The number of nitrogens with zero attached hydrogens (tertiary/aromatic N) is 6. The van der Waals surface area contributed by atoms with E-state index in [1.807, 2.05) is 35.0 Å². The van der Waals surface area contributed by atoms with Gasteiger partial charge in [-0.3, -0.25) is 4.90 Å². The zero-order valence-electron chi connectivity index (χ0n) is 17.9. The molecule has 2 N–H and O–H groups in total. The summed E-state index contributed by atoms with van der Waals surface area (Å²) in [6.45, 7) is 6.25. The fraction of sp³-hybridized carbons (Fsp3) is 0.250. The summed E-state index contributed by atoms with van der Waals surface area (Å²) >= 11 is 0. The van der Waals surface area contributed by atoms with E-state index in [0.29, 0.717) is 0 Å². The Kier molecular flexibility index (Phi) is 4.95. The second-order valence-corrected chi connectivity index (χ2v) is 8.15. The second kappa shape index (κ2) is 7.92. The zero-order chi connectivity index (χ0) is 21.4. The van der Waals surface area contributed by atoms with Crippen molar-refractivity contribution in [2.24, 2.45) is 0 Å². The molecule has 7 heteroatoms. The quantitative estimate of drug-likeness (QED) is 0.513. The molecular formula is C24H27N7. The van der Waals surface area contributed by atoms with Gasteiger partial charge in [-0.15, -0.1) is 0 Å². The summed E-state index contributed by atoms with van der Waals surface area (Å²) in [5.74, 6) is 0.913. The summed E-state index contributed by atoms with van der Waals surface area (Å²) in [7, 11) is 2.18. The molecule has 1 aliphatic heterocycles. The number of anilines is 5. The van der Waals surface area contributed by atoms with E-state index in [0.717, 1.165) is 60.3 Å². The number of rotatable bonds is 4. The number of hydrogen-bond acceptors (Lipinski definition) is 6. The van der Waals surface area contributed by atoms with Crippen LogP contribution in [-0.4, -0.2) is 52.7 Å². The minimum Gasteiger partial charge on any atom is -0.399 e. The fourth-order valence-electron chi connectivity index (χ4n) is 4.22. The SMILES string of the molecule is Cc1cc(N)cc(N(c2cccc(N3CCN(C)CC3)c2)c2ccnc3ccnn23)c1. The van der Waals surface area contributed by atoms with E-state index in [4.69, 9.17) is 5.73 Å². The summed E-state index contributed by atoms with van der Waals surface area (Å²) in [5, 5.41) is 4.52. The van der Waals surface area contributed by atoms with Crippen molar-refractivity contribution in [1.82, 2.24) is 19.5 Å². The van der Waals surface area contributed by atoms with E-state index in [1.165, 1.54) is 5.69 Å². The Labute approximate surface area is 182 Å². The summed E-state index contributed by atoms with van der Waals surface area (Å²) in [4.78, 5) is 11.5. The van der Waals surface area contributed by atoms with Crippen LogP contribution in [0.2, 0.25) is 0 Å². The maximum atomic E-state index is 6.23. The van der Waals surface area contributed by atoms with Crippen molar-refractivity contribution in [3.05, 3.63) is 72.6 Å². The number of benzene rings is 2. The molecule has 31 heavy (non-hydrogen) atoms. The molecule has 0 radical (unpaired) electrons. The van der Waals surface area contributed by atoms with Crippen molar-refractivity contribution in [2.75, 3.05) is 48.8 Å².